The SMILES string of the molecule is CC(C)N(C)CCNC(=O)C1C2CCC(C2)C1N.Cl.Cl. The van der Waals surface area contributed by atoms with Gasteiger partial charge in [-0.3, -0.25) is 4.79 Å². The molecule has 0 heterocycles. The van der Waals surface area contributed by atoms with Crippen molar-refractivity contribution >= 4 is 30.7 Å². The average molecular weight is 326 g/mol. The zero-order valence-electron chi connectivity index (χ0n) is 12.7. The predicted molar refractivity (Wildman–Crippen MR) is 87.6 cm³/mol. The van der Waals surface area contributed by atoms with E-state index in [1.165, 1.54) is 19.3 Å². The Bertz CT molecular complexity index is 313. The second-order valence-electron chi connectivity index (χ2n) is 6.30. The van der Waals surface area contributed by atoms with Crippen LogP contribution in [-0.2, 0) is 4.79 Å². The van der Waals surface area contributed by atoms with Crippen molar-refractivity contribution in [3.63, 3.8) is 0 Å². The fourth-order valence-corrected chi connectivity index (χ4v) is 3.46. The second kappa shape index (κ2) is 8.42. The molecule has 0 saturated heterocycles. The molecule has 4 unspecified atom stereocenters. The molecule has 0 radical (unpaired) electrons. The van der Waals surface area contributed by atoms with E-state index in [-0.39, 0.29) is 42.7 Å². The highest BCUT2D eigenvalue weighted by atomic mass is 35.5. The van der Waals surface area contributed by atoms with E-state index in [0.29, 0.717) is 17.9 Å². The molecule has 3 N–H and O–H groups in total. The van der Waals surface area contributed by atoms with Crippen LogP contribution in [0.15, 0.2) is 0 Å². The van der Waals surface area contributed by atoms with Crippen molar-refractivity contribution in [3.8, 4) is 0 Å². The molecule has 2 fully saturated rings. The summed E-state index contributed by atoms with van der Waals surface area (Å²) in [6, 6.07) is 0.623. The normalized spacial score (nSPS) is 31.1. The largest absolute Gasteiger partial charge is 0.355 e. The quantitative estimate of drug-likeness (QED) is 0.808. The first kappa shape index (κ1) is 20.0. The molecular weight excluding hydrogens is 297 g/mol. The van der Waals surface area contributed by atoms with E-state index in [2.05, 4.69) is 31.1 Å². The second-order valence-corrected chi connectivity index (χ2v) is 6.30. The lowest BCUT2D eigenvalue weighted by Crippen LogP contribution is -2.46. The van der Waals surface area contributed by atoms with Crippen molar-refractivity contribution in [3.05, 3.63) is 0 Å². The molecule has 120 valence electrons. The lowest BCUT2D eigenvalue weighted by Gasteiger charge is -2.27. The number of hydrogen-bond donors (Lipinski definition) is 2. The first-order chi connectivity index (χ1) is 8.50. The summed E-state index contributed by atoms with van der Waals surface area (Å²) >= 11 is 0. The van der Waals surface area contributed by atoms with Crippen molar-refractivity contribution in [1.29, 1.82) is 0 Å². The Morgan fingerprint density at radius 1 is 1.30 bits per heavy atom. The van der Waals surface area contributed by atoms with Crippen molar-refractivity contribution in [2.24, 2.45) is 23.5 Å². The smallest absolute Gasteiger partial charge is 0.225 e. The highest BCUT2D eigenvalue weighted by Gasteiger charge is 2.48. The first-order valence-corrected chi connectivity index (χ1v) is 7.24. The van der Waals surface area contributed by atoms with Crippen LogP contribution in [0, 0.1) is 17.8 Å². The molecule has 4 nitrogen and oxygen atoms in total. The molecule has 4 atom stereocenters. The molecular formula is C14H29Cl2N3O. The Kier molecular flexibility index (Phi) is 8.41. The zero-order chi connectivity index (χ0) is 13.3. The Balaban J connectivity index is 0.00000180. The molecule has 2 saturated carbocycles. The first-order valence-electron chi connectivity index (χ1n) is 7.24. The van der Waals surface area contributed by atoms with Gasteiger partial charge in [0.05, 0.1) is 5.92 Å². The fourth-order valence-electron chi connectivity index (χ4n) is 3.46. The minimum absolute atomic E-state index is 0. The van der Waals surface area contributed by atoms with Crippen LogP contribution in [0.25, 0.3) is 0 Å². The summed E-state index contributed by atoms with van der Waals surface area (Å²) in [5, 5.41) is 3.07. The Labute approximate surface area is 135 Å². The number of likely N-dealkylation sites (N-methyl/N-ethyl adjacent to an activating group) is 1. The number of carbonyl (C=O) groups is 1. The van der Waals surface area contributed by atoms with E-state index < -0.39 is 0 Å². The monoisotopic (exact) mass is 325 g/mol. The summed E-state index contributed by atoms with van der Waals surface area (Å²) in [4.78, 5) is 14.4. The van der Waals surface area contributed by atoms with Gasteiger partial charge in [0.2, 0.25) is 5.91 Å². The van der Waals surface area contributed by atoms with E-state index in [1.54, 1.807) is 0 Å². The summed E-state index contributed by atoms with van der Waals surface area (Å²) < 4.78 is 0. The number of rotatable bonds is 5. The van der Waals surface area contributed by atoms with E-state index in [9.17, 15) is 4.79 Å². The highest BCUT2D eigenvalue weighted by molar-refractivity contribution is 5.85. The van der Waals surface area contributed by atoms with Gasteiger partial charge < -0.3 is 16.0 Å². The molecule has 0 aromatic heterocycles. The van der Waals surface area contributed by atoms with Gasteiger partial charge in [-0.15, -0.1) is 24.8 Å². The maximum Gasteiger partial charge on any atom is 0.225 e. The van der Waals surface area contributed by atoms with Gasteiger partial charge in [0.15, 0.2) is 0 Å². The van der Waals surface area contributed by atoms with E-state index >= 15 is 0 Å². The average Bonchev–Trinajstić information content (AvgIpc) is 2.88. The Morgan fingerprint density at radius 2 is 1.90 bits per heavy atom. The number of halogens is 2. The van der Waals surface area contributed by atoms with E-state index in [0.717, 1.165) is 13.1 Å². The minimum Gasteiger partial charge on any atom is -0.355 e. The third kappa shape index (κ3) is 4.23. The van der Waals surface area contributed by atoms with Gasteiger partial charge in [0.1, 0.15) is 0 Å². The summed E-state index contributed by atoms with van der Waals surface area (Å²) in [6.45, 7) is 5.95. The number of nitrogens with one attached hydrogen (secondary N) is 1. The van der Waals surface area contributed by atoms with Crippen molar-refractivity contribution < 1.29 is 4.79 Å². The van der Waals surface area contributed by atoms with Crippen LogP contribution in [0.4, 0.5) is 0 Å². The Hall–Kier alpha value is -0.0300. The number of nitrogens with two attached hydrogens (primary N) is 1. The number of amides is 1. The molecule has 0 aromatic carbocycles. The summed E-state index contributed by atoms with van der Waals surface area (Å²) in [5.41, 5.74) is 6.17. The van der Waals surface area contributed by atoms with Crippen LogP contribution >= 0.6 is 24.8 Å². The number of carbonyl (C=O) groups excluding carboxylic acids is 1. The van der Waals surface area contributed by atoms with Crippen molar-refractivity contribution in [1.82, 2.24) is 10.2 Å². The van der Waals surface area contributed by atoms with Crippen LogP contribution in [0.1, 0.15) is 33.1 Å². The van der Waals surface area contributed by atoms with Gasteiger partial charge in [-0.05, 0) is 52.0 Å². The molecule has 2 aliphatic rings. The highest BCUT2D eigenvalue weighted by Crippen LogP contribution is 2.47. The standard InChI is InChI=1S/C14H27N3O.2ClH/c1-9(2)17(3)7-6-16-14(18)12-10-4-5-11(8-10)13(12)15;;/h9-13H,4-8,15H2,1-3H3,(H,16,18);2*1H. The third-order valence-corrected chi connectivity index (χ3v) is 4.93. The lowest BCUT2D eigenvalue weighted by molar-refractivity contribution is -0.127. The van der Waals surface area contributed by atoms with Crippen molar-refractivity contribution in [2.75, 3.05) is 20.1 Å². The van der Waals surface area contributed by atoms with Crippen LogP contribution in [0.3, 0.4) is 0 Å². The third-order valence-electron chi connectivity index (χ3n) is 4.93. The Morgan fingerprint density at radius 3 is 2.40 bits per heavy atom. The summed E-state index contributed by atoms with van der Waals surface area (Å²) in [7, 11) is 2.08. The zero-order valence-corrected chi connectivity index (χ0v) is 14.3. The molecule has 0 spiro atoms. The predicted octanol–water partition coefficient (Wildman–Crippen LogP) is 1.66. The van der Waals surface area contributed by atoms with Gasteiger partial charge in [-0.25, -0.2) is 0 Å². The minimum atomic E-state index is 0. The van der Waals surface area contributed by atoms with Gasteiger partial charge in [0.25, 0.3) is 0 Å². The molecule has 2 rings (SSSR count). The van der Waals surface area contributed by atoms with Crippen LogP contribution in [-0.4, -0.2) is 43.0 Å². The van der Waals surface area contributed by atoms with Crippen LogP contribution in [0.2, 0.25) is 0 Å². The topological polar surface area (TPSA) is 58.4 Å². The fraction of sp³-hybridized carbons (Fsp3) is 0.929. The van der Waals surface area contributed by atoms with Crippen LogP contribution in [0.5, 0.6) is 0 Å². The lowest BCUT2D eigenvalue weighted by atomic mass is 9.84. The van der Waals surface area contributed by atoms with E-state index in [4.69, 9.17) is 5.73 Å². The number of nitrogens with zero attached hydrogens (tertiary/aromatic N) is 1. The molecule has 20 heavy (non-hydrogen) atoms. The van der Waals surface area contributed by atoms with Crippen LogP contribution < -0.4 is 11.1 Å². The van der Waals surface area contributed by atoms with Gasteiger partial charge >= 0.3 is 0 Å². The number of fused-ring (bicyclic) bond motifs is 2. The molecule has 2 aliphatic carbocycles. The van der Waals surface area contributed by atoms with Crippen molar-refractivity contribution in [2.45, 2.75) is 45.2 Å². The molecule has 2 bridgehead atoms. The van der Waals surface area contributed by atoms with E-state index in [1.807, 2.05) is 0 Å². The maximum atomic E-state index is 12.2. The molecule has 0 aromatic rings. The van der Waals surface area contributed by atoms with Gasteiger partial charge in [-0.2, -0.15) is 0 Å². The number of hydrogen-bond acceptors (Lipinski definition) is 3. The van der Waals surface area contributed by atoms with Gasteiger partial charge in [-0.1, -0.05) is 0 Å². The summed E-state index contributed by atoms with van der Waals surface area (Å²) in [5.74, 6) is 1.41. The van der Waals surface area contributed by atoms with Gasteiger partial charge in [0, 0.05) is 25.2 Å². The molecule has 1 amide bonds. The summed E-state index contributed by atoms with van der Waals surface area (Å²) in [6.07, 6.45) is 3.60. The maximum absolute atomic E-state index is 12.2. The molecule has 0 aliphatic heterocycles. The molecule has 6 heteroatoms.